The molecule has 0 radical (unpaired) electrons. The summed E-state index contributed by atoms with van der Waals surface area (Å²) in [6.45, 7) is -0.212. The Hall–Kier alpha value is -3.27. The average Bonchev–Trinajstić information content (AvgIpc) is 3.34. The van der Waals surface area contributed by atoms with E-state index in [2.05, 4.69) is 0 Å². The number of nitro groups is 1. The molecule has 174 valence electrons. The molecule has 1 heterocycles. The van der Waals surface area contributed by atoms with Gasteiger partial charge >= 0.3 is 5.97 Å². The van der Waals surface area contributed by atoms with Crippen LogP contribution in [-0.4, -0.2) is 43.1 Å². The third-order valence-electron chi connectivity index (χ3n) is 6.37. The summed E-state index contributed by atoms with van der Waals surface area (Å²) < 4.78 is 30.3. The normalized spacial score (nSPS) is 17.3. The largest absolute Gasteiger partial charge is 0.454 e. The lowest BCUT2D eigenvalue weighted by atomic mass is 10.0. The quantitative estimate of drug-likeness (QED) is 0.359. The van der Waals surface area contributed by atoms with Crippen molar-refractivity contribution in [1.29, 1.82) is 0 Å². The van der Waals surface area contributed by atoms with Crippen molar-refractivity contribution in [2.45, 2.75) is 48.2 Å². The Bertz CT molecular complexity index is 1190. The summed E-state index contributed by atoms with van der Waals surface area (Å²) in [5.74, 6) is -1.40. The minimum absolute atomic E-state index is 0.0521. The second kappa shape index (κ2) is 8.93. The summed E-state index contributed by atoms with van der Waals surface area (Å²) in [6, 6.07) is 12.1. The highest BCUT2D eigenvalue weighted by Crippen LogP contribution is 2.41. The highest BCUT2D eigenvalue weighted by atomic mass is 32.2. The van der Waals surface area contributed by atoms with Crippen LogP contribution in [0.2, 0.25) is 0 Å². The second-order valence-corrected chi connectivity index (χ2v) is 10.6. The molecule has 1 saturated carbocycles. The molecule has 1 aliphatic heterocycles. The molecule has 0 spiro atoms. The third-order valence-corrected chi connectivity index (χ3v) is 8.87. The monoisotopic (exact) mass is 472 g/mol. The predicted octanol–water partition coefficient (Wildman–Crippen LogP) is 3.20. The third kappa shape index (κ3) is 4.10. The number of aryl methyl sites for hydroxylation is 1. The number of fused-ring (bicyclic) bond motifs is 1. The minimum atomic E-state index is -4.00. The molecule has 0 bridgehead atoms. The van der Waals surface area contributed by atoms with Crippen molar-refractivity contribution >= 4 is 33.1 Å². The van der Waals surface area contributed by atoms with E-state index in [9.17, 15) is 28.1 Å². The first-order valence-corrected chi connectivity index (χ1v) is 12.3. The lowest BCUT2D eigenvalue weighted by Crippen LogP contribution is -2.47. The van der Waals surface area contributed by atoms with Gasteiger partial charge in [-0.25, -0.2) is 8.42 Å². The van der Waals surface area contributed by atoms with E-state index >= 15 is 0 Å². The van der Waals surface area contributed by atoms with Gasteiger partial charge in [-0.05, 0) is 49.4 Å². The number of rotatable bonds is 6. The number of amides is 1. The standard InChI is InChI=1S/C23H24N2O7S/c26-21(24-14-6-7-17-15-18(25(28)29)10-11-20(17)24)16-32-22(27)23(12-4-5-13-23)33(30,31)19-8-2-1-3-9-19/h1-3,8-11,15H,4-7,12-14,16H2. The van der Waals surface area contributed by atoms with Crippen molar-refractivity contribution in [3.8, 4) is 0 Å². The number of carbonyl (C=O) groups excluding carboxylic acids is 2. The Balaban J connectivity index is 1.52. The fraction of sp³-hybridized carbons (Fsp3) is 0.391. The smallest absolute Gasteiger partial charge is 0.328 e. The number of nitrogens with zero attached hydrogens (tertiary/aromatic N) is 2. The molecule has 33 heavy (non-hydrogen) atoms. The summed E-state index contributed by atoms with van der Waals surface area (Å²) in [5.41, 5.74) is 1.17. The van der Waals surface area contributed by atoms with Gasteiger partial charge in [0.2, 0.25) is 0 Å². The van der Waals surface area contributed by atoms with E-state index < -0.39 is 38.0 Å². The van der Waals surface area contributed by atoms with Crippen LogP contribution in [0, 0.1) is 10.1 Å². The number of esters is 1. The lowest BCUT2D eigenvalue weighted by Gasteiger charge is -2.30. The highest BCUT2D eigenvalue weighted by Gasteiger charge is 2.54. The summed E-state index contributed by atoms with van der Waals surface area (Å²) in [5, 5.41) is 11.0. The summed E-state index contributed by atoms with van der Waals surface area (Å²) in [7, 11) is -4.00. The predicted molar refractivity (Wildman–Crippen MR) is 120 cm³/mol. The average molecular weight is 473 g/mol. The van der Waals surface area contributed by atoms with Crippen LogP contribution >= 0.6 is 0 Å². The van der Waals surface area contributed by atoms with E-state index in [4.69, 9.17) is 4.74 Å². The summed E-state index contributed by atoms with van der Waals surface area (Å²) in [6.07, 6.45) is 2.65. The van der Waals surface area contributed by atoms with E-state index in [-0.39, 0.29) is 23.4 Å². The molecule has 1 aliphatic carbocycles. The summed E-state index contributed by atoms with van der Waals surface area (Å²) in [4.78, 5) is 38.0. The Labute approximate surface area is 191 Å². The fourth-order valence-electron chi connectivity index (χ4n) is 4.65. The number of non-ortho nitro benzene ring substituents is 1. The first-order chi connectivity index (χ1) is 15.8. The van der Waals surface area contributed by atoms with Crippen molar-refractivity contribution in [2.75, 3.05) is 18.1 Å². The van der Waals surface area contributed by atoms with Crippen LogP contribution in [0.4, 0.5) is 11.4 Å². The molecule has 2 aliphatic rings. The molecular formula is C23H24N2O7S. The van der Waals surface area contributed by atoms with Crippen molar-refractivity contribution in [2.24, 2.45) is 0 Å². The van der Waals surface area contributed by atoms with Gasteiger partial charge < -0.3 is 9.64 Å². The van der Waals surface area contributed by atoms with Gasteiger partial charge in [0.15, 0.2) is 21.2 Å². The zero-order chi connectivity index (χ0) is 23.6. The zero-order valence-electron chi connectivity index (χ0n) is 17.9. The Morgan fingerprint density at radius 2 is 1.76 bits per heavy atom. The Morgan fingerprint density at radius 3 is 2.42 bits per heavy atom. The van der Waals surface area contributed by atoms with Crippen molar-refractivity contribution in [1.82, 2.24) is 0 Å². The van der Waals surface area contributed by atoms with Crippen LogP contribution in [0.1, 0.15) is 37.7 Å². The van der Waals surface area contributed by atoms with Crippen molar-refractivity contribution in [3.05, 3.63) is 64.2 Å². The Morgan fingerprint density at radius 1 is 1.06 bits per heavy atom. The van der Waals surface area contributed by atoms with Gasteiger partial charge in [0, 0.05) is 24.4 Å². The van der Waals surface area contributed by atoms with Gasteiger partial charge in [0.1, 0.15) is 0 Å². The number of benzene rings is 2. The molecule has 2 aromatic rings. The van der Waals surface area contributed by atoms with E-state index in [1.807, 2.05) is 0 Å². The number of ether oxygens (including phenoxy) is 1. The first-order valence-electron chi connectivity index (χ1n) is 10.8. The number of carbonyl (C=O) groups is 2. The van der Waals surface area contributed by atoms with Gasteiger partial charge in [0.25, 0.3) is 11.6 Å². The fourth-order valence-corrected chi connectivity index (χ4v) is 6.72. The second-order valence-electron chi connectivity index (χ2n) is 8.31. The van der Waals surface area contributed by atoms with E-state index in [1.54, 1.807) is 18.2 Å². The molecule has 0 aromatic heterocycles. The topological polar surface area (TPSA) is 124 Å². The molecule has 0 unspecified atom stereocenters. The maximum absolute atomic E-state index is 13.3. The Kier molecular flexibility index (Phi) is 6.20. The molecule has 1 fully saturated rings. The van der Waals surface area contributed by atoms with Crippen LogP contribution in [0.15, 0.2) is 53.4 Å². The van der Waals surface area contributed by atoms with Gasteiger partial charge in [-0.15, -0.1) is 0 Å². The van der Waals surface area contributed by atoms with E-state index in [0.717, 1.165) is 0 Å². The summed E-state index contributed by atoms with van der Waals surface area (Å²) >= 11 is 0. The van der Waals surface area contributed by atoms with Gasteiger partial charge in [-0.3, -0.25) is 19.7 Å². The maximum atomic E-state index is 13.3. The van der Waals surface area contributed by atoms with Gasteiger partial charge in [-0.1, -0.05) is 31.0 Å². The number of nitro benzene ring substituents is 1. The van der Waals surface area contributed by atoms with Crippen LogP contribution < -0.4 is 4.90 Å². The van der Waals surface area contributed by atoms with Crippen LogP contribution in [0.5, 0.6) is 0 Å². The minimum Gasteiger partial charge on any atom is -0.454 e. The molecule has 2 aromatic carbocycles. The van der Waals surface area contributed by atoms with Gasteiger partial charge in [0.05, 0.1) is 9.82 Å². The van der Waals surface area contributed by atoms with Crippen LogP contribution in [0.25, 0.3) is 0 Å². The van der Waals surface area contributed by atoms with Crippen LogP contribution in [-0.2, 0) is 30.6 Å². The maximum Gasteiger partial charge on any atom is 0.328 e. The first kappa shape index (κ1) is 22.9. The van der Waals surface area contributed by atoms with Crippen molar-refractivity contribution < 1.29 is 27.7 Å². The zero-order valence-corrected chi connectivity index (χ0v) is 18.8. The molecule has 0 atom stereocenters. The molecule has 4 rings (SSSR count). The van der Waals surface area contributed by atoms with Gasteiger partial charge in [-0.2, -0.15) is 0 Å². The number of sulfone groups is 1. The highest BCUT2D eigenvalue weighted by molar-refractivity contribution is 7.93. The molecule has 0 saturated heterocycles. The van der Waals surface area contributed by atoms with Crippen LogP contribution in [0.3, 0.4) is 0 Å². The SMILES string of the molecule is O=C(COC(=O)C1(S(=O)(=O)c2ccccc2)CCCC1)N1CCCc2cc([N+](=O)[O-])ccc21. The molecule has 1 amide bonds. The number of hydrogen-bond acceptors (Lipinski definition) is 7. The molecular weight excluding hydrogens is 448 g/mol. The van der Waals surface area contributed by atoms with E-state index in [1.165, 1.54) is 35.2 Å². The number of hydrogen-bond donors (Lipinski definition) is 0. The molecule has 10 heteroatoms. The molecule has 0 N–H and O–H groups in total. The number of anilines is 1. The lowest BCUT2D eigenvalue weighted by molar-refractivity contribution is -0.384. The molecule has 9 nitrogen and oxygen atoms in total. The van der Waals surface area contributed by atoms with Crippen molar-refractivity contribution in [3.63, 3.8) is 0 Å². The van der Waals surface area contributed by atoms with E-state index in [0.29, 0.717) is 43.5 Å².